The normalized spacial score (nSPS) is 54.4. The summed E-state index contributed by atoms with van der Waals surface area (Å²) in [6.45, 7) is 7.82. The van der Waals surface area contributed by atoms with Crippen LogP contribution in [0.3, 0.4) is 0 Å². The number of hydrogen-bond donors (Lipinski definition) is 0. The first-order valence-corrected chi connectivity index (χ1v) is 10.6. The third kappa shape index (κ3) is 2.07. The fraction of sp³-hybridized carbons (Fsp3) is 1.00. The molecule has 4 aliphatic rings. The minimum atomic E-state index is 0.717. The second-order valence-corrected chi connectivity index (χ2v) is 10.0. The van der Waals surface area contributed by atoms with Crippen molar-refractivity contribution in [3.8, 4) is 0 Å². The lowest BCUT2D eigenvalue weighted by atomic mass is 9.45. The summed E-state index contributed by atoms with van der Waals surface area (Å²) in [5.41, 5.74) is 1.44. The summed E-state index contributed by atoms with van der Waals surface area (Å²) in [4.78, 5) is 0. The summed E-state index contributed by atoms with van der Waals surface area (Å²) < 4.78 is 0. The van der Waals surface area contributed by atoms with Crippen LogP contribution in [0, 0.1) is 40.4 Å². The van der Waals surface area contributed by atoms with Crippen molar-refractivity contribution >= 4 is 0 Å². The van der Waals surface area contributed by atoms with Crippen LogP contribution in [-0.4, -0.2) is 0 Å². The molecule has 126 valence electrons. The fourth-order valence-corrected chi connectivity index (χ4v) is 8.23. The lowest BCUT2D eigenvalue weighted by Crippen LogP contribution is -2.52. The fourth-order valence-electron chi connectivity index (χ4n) is 8.23. The minimum Gasteiger partial charge on any atom is -0.0654 e. The van der Waals surface area contributed by atoms with Crippen LogP contribution < -0.4 is 0 Å². The van der Waals surface area contributed by atoms with Gasteiger partial charge in [-0.15, -0.1) is 0 Å². The van der Waals surface area contributed by atoms with Gasteiger partial charge in [0.2, 0.25) is 0 Å². The van der Waals surface area contributed by atoms with Crippen LogP contribution in [0.2, 0.25) is 0 Å². The Balaban J connectivity index is 1.59. The highest BCUT2D eigenvalue weighted by atomic mass is 14.6. The van der Waals surface area contributed by atoms with E-state index in [0.717, 1.165) is 40.4 Å². The van der Waals surface area contributed by atoms with E-state index in [4.69, 9.17) is 0 Å². The molecule has 4 saturated carbocycles. The highest BCUT2D eigenvalue weighted by Crippen LogP contribution is 2.67. The Morgan fingerprint density at radius 1 is 0.773 bits per heavy atom. The number of fused-ring (bicyclic) bond motifs is 5. The summed E-state index contributed by atoms with van der Waals surface area (Å²) >= 11 is 0. The van der Waals surface area contributed by atoms with Crippen molar-refractivity contribution in [2.24, 2.45) is 40.4 Å². The quantitative estimate of drug-likeness (QED) is 0.524. The first-order valence-electron chi connectivity index (χ1n) is 10.6. The third-order valence-corrected chi connectivity index (χ3v) is 9.42. The Morgan fingerprint density at radius 3 is 2.41 bits per heavy atom. The van der Waals surface area contributed by atoms with Gasteiger partial charge in [-0.05, 0) is 91.8 Å². The molecular weight excluding hydrogens is 264 g/mol. The molecule has 22 heavy (non-hydrogen) atoms. The van der Waals surface area contributed by atoms with Gasteiger partial charge in [-0.2, -0.15) is 0 Å². The van der Waals surface area contributed by atoms with Crippen LogP contribution in [0.4, 0.5) is 0 Å². The Kier molecular flexibility index (Phi) is 3.90. The van der Waals surface area contributed by atoms with Crippen molar-refractivity contribution in [1.82, 2.24) is 0 Å². The van der Waals surface area contributed by atoms with E-state index in [1.807, 2.05) is 0 Å². The van der Waals surface area contributed by atoms with Crippen molar-refractivity contribution in [2.45, 2.75) is 97.8 Å². The molecule has 0 N–H and O–H groups in total. The van der Waals surface area contributed by atoms with E-state index >= 15 is 0 Å². The van der Waals surface area contributed by atoms with E-state index < -0.39 is 0 Å². The first-order chi connectivity index (χ1) is 10.6. The van der Waals surface area contributed by atoms with Crippen molar-refractivity contribution in [3.05, 3.63) is 0 Å². The van der Waals surface area contributed by atoms with Gasteiger partial charge in [-0.3, -0.25) is 0 Å². The second-order valence-electron chi connectivity index (χ2n) is 10.0. The van der Waals surface area contributed by atoms with Gasteiger partial charge < -0.3 is 0 Å². The van der Waals surface area contributed by atoms with E-state index in [1.54, 1.807) is 51.4 Å². The third-order valence-electron chi connectivity index (χ3n) is 9.42. The number of hydrogen-bond acceptors (Lipinski definition) is 0. The maximum absolute atomic E-state index is 2.72. The van der Waals surface area contributed by atoms with Gasteiger partial charge in [0, 0.05) is 0 Å². The standard InChI is InChI=1S/C22H38/c1-4-7-16-10-12-19-18-11-9-17-8-5-6-14-21(17,2)20(18)13-15-22(16,19)3/h16-20H,4-15H2,1-3H3/t16-,17-,18-,19?,20?,21-,22+/m0/s1. The molecule has 0 heterocycles. The molecule has 4 aliphatic carbocycles. The number of rotatable bonds is 2. The Morgan fingerprint density at radius 2 is 1.59 bits per heavy atom. The molecule has 0 aliphatic heterocycles. The predicted octanol–water partition coefficient (Wildman–Crippen LogP) is 6.84. The summed E-state index contributed by atoms with van der Waals surface area (Å²) in [5, 5.41) is 0. The molecule has 0 aromatic rings. The zero-order valence-electron chi connectivity index (χ0n) is 15.4. The predicted molar refractivity (Wildman–Crippen MR) is 94.7 cm³/mol. The van der Waals surface area contributed by atoms with Gasteiger partial charge in [0.25, 0.3) is 0 Å². The minimum absolute atomic E-state index is 0.717. The average molecular weight is 303 g/mol. The van der Waals surface area contributed by atoms with E-state index in [-0.39, 0.29) is 0 Å². The van der Waals surface area contributed by atoms with Gasteiger partial charge in [0.15, 0.2) is 0 Å². The van der Waals surface area contributed by atoms with Gasteiger partial charge in [0.1, 0.15) is 0 Å². The van der Waals surface area contributed by atoms with Crippen molar-refractivity contribution in [1.29, 1.82) is 0 Å². The molecule has 0 aromatic carbocycles. The molecule has 7 atom stereocenters. The monoisotopic (exact) mass is 302 g/mol. The van der Waals surface area contributed by atoms with Crippen LogP contribution in [0.1, 0.15) is 97.8 Å². The molecule has 0 radical (unpaired) electrons. The van der Waals surface area contributed by atoms with Crippen LogP contribution in [-0.2, 0) is 0 Å². The molecule has 0 heteroatoms. The molecule has 0 spiro atoms. The van der Waals surface area contributed by atoms with Crippen LogP contribution in [0.5, 0.6) is 0 Å². The Hall–Kier alpha value is 0. The van der Waals surface area contributed by atoms with Crippen molar-refractivity contribution < 1.29 is 0 Å². The van der Waals surface area contributed by atoms with Gasteiger partial charge in [0.05, 0.1) is 0 Å². The molecule has 4 rings (SSSR count). The highest BCUT2D eigenvalue weighted by molar-refractivity contribution is 5.08. The van der Waals surface area contributed by atoms with Crippen molar-refractivity contribution in [2.75, 3.05) is 0 Å². The summed E-state index contributed by atoms with van der Waals surface area (Å²) in [7, 11) is 0. The van der Waals surface area contributed by atoms with Gasteiger partial charge >= 0.3 is 0 Å². The second kappa shape index (κ2) is 5.52. The summed E-state index contributed by atoms with van der Waals surface area (Å²) in [6.07, 6.45) is 18.5. The van der Waals surface area contributed by atoms with Crippen LogP contribution in [0.25, 0.3) is 0 Å². The molecule has 0 aromatic heterocycles. The van der Waals surface area contributed by atoms with E-state index in [1.165, 1.54) is 25.7 Å². The zero-order chi connectivity index (χ0) is 15.4. The van der Waals surface area contributed by atoms with E-state index in [0.29, 0.717) is 0 Å². The first kappa shape index (κ1) is 15.5. The maximum Gasteiger partial charge on any atom is -0.0266 e. The summed E-state index contributed by atoms with van der Waals surface area (Å²) in [5.74, 6) is 5.41. The molecule has 0 nitrogen and oxygen atoms in total. The van der Waals surface area contributed by atoms with Crippen molar-refractivity contribution in [3.63, 3.8) is 0 Å². The van der Waals surface area contributed by atoms with E-state index in [9.17, 15) is 0 Å². The van der Waals surface area contributed by atoms with Gasteiger partial charge in [-0.25, -0.2) is 0 Å². The average Bonchev–Trinajstić information content (AvgIpc) is 2.84. The van der Waals surface area contributed by atoms with E-state index in [2.05, 4.69) is 20.8 Å². The lowest BCUT2D eigenvalue weighted by molar-refractivity contribution is -0.111. The SMILES string of the molecule is CCC[C@H]1CCC2[C@@H]3CC[C@@H]4CCCC[C@]4(C)C3CC[C@@]21C. The maximum atomic E-state index is 2.72. The summed E-state index contributed by atoms with van der Waals surface area (Å²) in [6, 6.07) is 0. The Bertz CT molecular complexity index is 412. The largest absolute Gasteiger partial charge is 0.0654 e. The molecule has 2 unspecified atom stereocenters. The smallest absolute Gasteiger partial charge is 0.0266 e. The lowest BCUT2D eigenvalue weighted by Gasteiger charge is -2.60. The van der Waals surface area contributed by atoms with Crippen LogP contribution >= 0.6 is 0 Å². The molecule has 0 saturated heterocycles. The zero-order valence-corrected chi connectivity index (χ0v) is 15.4. The molecule has 0 amide bonds. The molecular formula is C22H38. The Labute approximate surface area is 138 Å². The van der Waals surface area contributed by atoms with Crippen LogP contribution in [0.15, 0.2) is 0 Å². The molecule has 0 bridgehead atoms. The highest BCUT2D eigenvalue weighted by Gasteiger charge is 2.59. The van der Waals surface area contributed by atoms with Gasteiger partial charge in [-0.1, -0.05) is 46.5 Å². The topological polar surface area (TPSA) is 0 Å². The molecule has 4 fully saturated rings.